The Morgan fingerprint density at radius 3 is 2.57 bits per heavy atom. The van der Waals surface area contributed by atoms with Crippen LogP contribution in [0.15, 0.2) is 60.7 Å². The minimum Gasteiger partial charge on any atom is -0.364 e. The van der Waals surface area contributed by atoms with Crippen LogP contribution in [0.3, 0.4) is 0 Å². The maximum absolute atomic E-state index is 14.8. The van der Waals surface area contributed by atoms with Gasteiger partial charge in [0.25, 0.3) is 5.91 Å². The van der Waals surface area contributed by atoms with Crippen molar-refractivity contribution in [3.8, 4) is 11.4 Å². The van der Waals surface area contributed by atoms with E-state index >= 15 is 0 Å². The Bertz CT molecular complexity index is 1330. The third-order valence-electron chi connectivity index (χ3n) is 6.90. The van der Waals surface area contributed by atoms with E-state index in [2.05, 4.69) is 31.3 Å². The zero-order valence-corrected chi connectivity index (χ0v) is 18.1. The van der Waals surface area contributed by atoms with Crippen LogP contribution in [-0.2, 0) is 6.18 Å². The smallest absolute Gasteiger partial charge is 0.364 e. The number of benzene rings is 1. The topological polar surface area (TPSA) is 83.9 Å². The van der Waals surface area contributed by atoms with E-state index in [0.717, 1.165) is 11.8 Å². The molecular weight excluding hydrogens is 464 g/mol. The summed E-state index contributed by atoms with van der Waals surface area (Å²) in [6.45, 7) is 0.472. The second-order valence-electron chi connectivity index (χ2n) is 8.85. The SMILES string of the molecule is O=C(c1cccc(F)c1-c1ncccn1)N1CC2C=C3C2CC(Nc2cnc(C(F)(F)F)cn2)C31. The molecular formula is C24H18F4N6O. The highest BCUT2D eigenvalue weighted by molar-refractivity contribution is 6.01. The number of fused-ring (bicyclic) bond motifs is 1. The average molecular weight is 482 g/mol. The summed E-state index contributed by atoms with van der Waals surface area (Å²) in [5, 5.41) is 3.17. The molecule has 7 rings (SSSR count). The normalized spacial score (nSPS) is 24.6. The number of anilines is 1. The van der Waals surface area contributed by atoms with Crippen molar-refractivity contribution in [3.63, 3.8) is 0 Å². The van der Waals surface area contributed by atoms with E-state index in [1.807, 2.05) is 0 Å². The van der Waals surface area contributed by atoms with Crippen molar-refractivity contribution in [1.82, 2.24) is 24.8 Å². The molecule has 1 saturated heterocycles. The highest BCUT2D eigenvalue weighted by Gasteiger charge is 2.55. The van der Waals surface area contributed by atoms with E-state index in [1.165, 1.54) is 24.5 Å². The van der Waals surface area contributed by atoms with Gasteiger partial charge >= 0.3 is 6.18 Å². The largest absolute Gasteiger partial charge is 0.434 e. The summed E-state index contributed by atoms with van der Waals surface area (Å²) in [6.07, 6.45) is 2.98. The molecule has 7 nitrogen and oxygen atoms in total. The Kier molecular flexibility index (Phi) is 4.83. The second-order valence-corrected chi connectivity index (χ2v) is 8.85. The predicted octanol–water partition coefficient (Wildman–Crippen LogP) is 3.97. The molecule has 1 saturated carbocycles. The monoisotopic (exact) mass is 482 g/mol. The van der Waals surface area contributed by atoms with Crippen molar-refractivity contribution in [2.24, 2.45) is 11.8 Å². The van der Waals surface area contributed by atoms with Gasteiger partial charge in [0.1, 0.15) is 11.6 Å². The number of alkyl halides is 3. The molecule has 4 aliphatic rings. The van der Waals surface area contributed by atoms with Gasteiger partial charge in [0.05, 0.1) is 35.6 Å². The van der Waals surface area contributed by atoms with E-state index < -0.39 is 17.7 Å². The molecule has 1 aromatic carbocycles. The lowest BCUT2D eigenvalue weighted by Crippen LogP contribution is -2.55. The van der Waals surface area contributed by atoms with Crippen molar-refractivity contribution in [3.05, 3.63) is 77.8 Å². The highest BCUT2D eigenvalue weighted by atomic mass is 19.4. The summed E-state index contributed by atoms with van der Waals surface area (Å²) in [4.78, 5) is 31.0. The van der Waals surface area contributed by atoms with Crippen LogP contribution in [0.4, 0.5) is 23.4 Å². The third-order valence-corrected chi connectivity index (χ3v) is 6.90. The lowest BCUT2D eigenvalue weighted by molar-refractivity contribution is -0.141. The summed E-state index contributed by atoms with van der Waals surface area (Å²) in [5.74, 6) is -0.145. The van der Waals surface area contributed by atoms with E-state index in [1.54, 1.807) is 17.0 Å². The minimum absolute atomic E-state index is 0.0407. The van der Waals surface area contributed by atoms with Gasteiger partial charge in [-0.15, -0.1) is 0 Å². The molecule has 4 atom stereocenters. The van der Waals surface area contributed by atoms with Gasteiger partial charge in [-0.25, -0.2) is 24.3 Å². The number of nitrogens with zero attached hydrogens (tertiary/aromatic N) is 5. The van der Waals surface area contributed by atoms with Crippen molar-refractivity contribution in [2.45, 2.75) is 24.7 Å². The molecule has 4 heterocycles. The molecule has 2 aromatic heterocycles. The fraction of sp³-hybridized carbons (Fsp3) is 0.292. The van der Waals surface area contributed by atoms with Crippen LogP contribution >= 0.6 is 0 Å². The number of nitrogens with one attached hydrogen (secondary N) is 1. The van der Waals surface area contributed by atoms with Gasteiger partial charge in [0.2, 0.25) is 0 Å². The van der Waals surface area contributed by atoms with Crippen molar-refractivity contribution < 1.29 is 22.4 Å². The summed E-state index contributed by atoms with van der Waals surface area (Å²) in [7, 11) is 0. The van der Waals surface area contributed by atoms with E-state index in [9.17, 15) is 22.4 Å². The maximum atomic E-state index is 14.8. The van der Waals surface area contributed by atoms with Gasteiger partial charge in [0.15, 0.2) is 11.5 Å². The molecule has 0 radical (unpaired) electrons. The van der Waals surface area contributed by atoms with Crippen LogP contribution in [0.25, 0.3) is 11.4 Å². The van der Waals surface area contributed by atoms with Gasteiger partial charge in [-0.05, 0) is 36.1 Å². The van der Waals surface area contributed by atoms with Crippen molar-refractivity contribution >= 4 is 11.7 Å². The van der Waals surface area contributed by atoms with Gasteiger partial charge in [-0.2, -0.15) is 13.2 Å². The van der Waals surface area contributed by atoms with Crippen LogP contribution in [0.1, 0.15) is 22.5 Å². The Labute approximate surface area is 196 Å². The molecule has 4 unspecified atom stereocenters. The van der Waals surface area contributed by atoms with Crippen LogP contribution in [-0.4, -0.2) is 49.4 Å². The number of rotatable bonds is 4. The number of carbonyl (C=O) groups is 1. The number of hydrogen-bond acceptors (Lipinski definition) is 6. The van der Waals surface area contributed by atoms with Gasteiger partial charge in [0, 0.05) is 24.9 Å². The van der Waals surface area contributed by atoms with E-state index in [0.29, 0.717) is 25.1 Å². The van der Waals surface area contributed by atoms with Gasteiger partial charge in [-0.3, -0.25) is 4.79 Å². The quantitative estimate of drug-likeness (QED) is 0.448. The Morgan fingerprint density at radius 2 is 1.86 bits per heavy atom. The van der Waals surface area contributed by atoms with Crippen LogP contribution in [0, 0.1) is 17.7 Å². The predicted molar refractivity (Wildman–Crippen MR) is 116 cm³/mol. The first kappa shape index (κ1) is 21.6. The summed E-state index contributed by atoms with van der Waals surface area (Å²) in [6, 6.07) is 5.31. The molecule has 1 N–H and O–H groups in total. The molecule has 35 heavy (non-hydrogen) atoms. The minimum atomic E-state index is -4.57. The fourth-order valence-corrected chi connectivity index (χ4v) is 5.40. The number of piperidine rings is 1. The summed E-state index contributed by atoms with van der Waals surface area (Å²) < 4.78 is 53.3. The van der Waals surface area contributed by atoms with Crippen molar-refractivity contribution in [2.75, 3.05) is 11.9 Å². The fourth-order valence-electron chi connectivity index (χ4n) is 5.40. The number of carbonyl (C=O) groups excluding carboxylic acids is 1. The first-order valence-electron chi connectivity index (χ1n) is 11.1. The second kappa shape index (κ2) is 7.82. The van der Waals surface area contributed by atoms with E-state index in [4.69, 9.17) is 0 Å². The van der Waals surface area contributed by atoms with Crippen LogP contribution in [0.5, 0.6) is 0 Å². The molecule has 11 heteroatoms. The van der Waals surface area contributed by atoms with Crippen molar-refractivity contribution in [1.29, 1.82) is 0 Å². The molecule has 2 aliphatic carbocycles. The highest BCUT2D eigenvalue weighted by Crippen LogP contribution is 2.53. The molecule has 0 spiro atoms. The Hall–Kier alpha value is -3.89. The molecule has 4 bridgehead atoms. The number of hydrogen-bond donors (Lipinski definition) is 1. The number of amides is 1. The summed E-state index contributed by atoms with van der Waals surface area (Å²) in [5.41, 5.74) is 0.242. The van der Waals surface area contributed by atoms with Gasteiger partial charge < -0.3 is 10.2 Å². The Balaban J connectivity index is 1.30. The lowest BCUT2D eigenvalue weighted by atomic mass is 9.72. The zero-order chi connectivity index (χ0) is 24.3. The molecule has 2 fully saturated rings. The third kappa shape index (κ3) is 3.53. The van der Waals surface area contributed by atoms with Gasteiger partial charge in [-0.1, -0.05) is 12.1 Å². The summed E-state index contributed by atoms with van der Waals surface area (Å²) >= 11 is 0. The molecule has 1 amide bonds. The lowest BCUT2D eigenvalue weighted by Gasteiger charge is -2.47. The molecule has 178 valence electrons. The average Bonchev–Trinajstić information content (AvgIpc) is 3.05. The maximum Gasteiger partial charge on any atom is 0.434 e. The zero-order valence-electron chi connectivity index (χ0n) is 18.1. The van der Waals surface area contributed by atoms with Crippen LogP contribution < -0.4 is 5.32 Å². The first-order valence-corrected chi connectivity index (χ1v) is 11.1. The molecule has 3 aromatic rings. The standard InChI is InChI=1S/C24H18F4N6O/c25-16-4-1-3-13(20(16)22-29-5-2-6-30-22)23(35)34-11-12-7-15-14(12)8-17(21(15)34)33-19-10-31-18(9-32-19)24(26,27)28/h1-7,9-10,12,14,17,21H,8,11H2,(H,32,33). The van der Waals surface area contributed by atoms with Crippen LogP contribution in [0.2, 0.25) is 0 Å². The number of aromatic nitrogens is 4. The number of halogens is 4. The Morgan fingerprint density at radius 1 is 1.06 bits per heavy atom. The first-order chi connectivity index (χ1) is 16.8. The van der Waals surface area contributed by atoms with E-state index in [-0.39, 0.29) is 46.7 Å². The molecule has 2 aliphatic heterocycles.